The standard InChI is InChI=1S/C13H21N3/c1-5-6-7-16-9-11(13(2,3)4)10(8-14)12(16)15/h9H,5-7,15H2,1-4H3. The first-order valence-electron chi connectivity index (χ1n) is 5.81. The number of aromatic nitrogens is 1. The lowest BCUT2D eigenvalue weighted by molar-refractivity contribution is 0.580. The van der Waals surface area contributed by atoms with Crippen molar-refractivity contribution in [1.29, 1.82) is 5.26 Å². The fraction of sp³-hybridized carbons (Fsp3) is 0.615. The largest absolute Gasteiger partial charge is 0.384 e. The minimum Gasteiger partial charge on any atom is -0.384 e. The van der Waals surface area contributed by atoms with Gasteiger partial charge in [0.15, 0.2) is 0 Å². The molecule has 0 spiro atoms. The van der Waals surface area contributed by atoms with Gasteiger partial charge in [0.05, 0.1) is 5.56 Å². The summed E-state index contributed by atoms with van der Waals surface area (Å²) in [7, 11) is 0. The van der Waals surface area contributed by atoms with Crippen LogP contribution in [0, 0.1) is 11.3 Å². The van der Waals surface area contributed by atoms with Gasteiger partial charge in [0.2, 0.25) is 0 Å². The molecule has 3 heteroatoms. The molecule has 1 aromatic heterocycles. The average Bonchev–Trinajstić information content (AvgIpc) is 2.51. The molecule has 0 aliphatic heterocycles. The average molecular weight is 219 g/mol. The topological polar surface area (TPSA) is 54.7 Å². The maximum absolute atomic E-state index is 9.16. The van der Waals surface area contributed by atoms with E-state index in [-0.39, 0.29) is 5.41 Å². The van der Waals surface area contributed by atoms with E-state index < -0.39 is 0 Å². The lowest BCUT2D eigenvalue weighted by Crippen LogP contribution is -2.11. The first kappa shape index (κ1) is 12.6. The van der Waals surface area contributed by atoms with Crippen molar-refractivity contribution in [2.75, 3.05) is 5.73 Å². The maximum Gasteiger partial charge on any atom is 0.121 e. The third-order valence-electron chi connectivity index (χ3n) is 2.79. The Morgan fingerprint density at radius 1 is 1.44 bits per heavy atom. The molecule has 0 aliphatic rings. The van der Waals surface area contributed by atoms with Crippen LogP contribution < -0.4 is 5.73 Å². The van der Waals surface area contributed by atoms with Crippen LogP contribution in [0.2, 0.25) is 0 Å². The predicted octanol–water partition coefficient (Wildman–Crippen LogP) is 3.04. The van der Waals surface area contributed by atoms with E-state index in [0.29, 0.717) is 11.4 Å². The Balaban J connectivity index is 3.17. The maximum atomic E-state index is 9.16. The molecule has 0 saturated heterocycles. The number of hydrogen-bond acceptors (Lipinski definition) is 2. The molecule has 0 radical (unpaired) electrons. The van der Waals surface area contributed by atoms with Crippen molar-refractivity contribution in [3.63, 3.8) is 0 Å². The van der Waals surface area contributed by atoms with Gasteiger partial charge >= 0.3 is 0 Å². The molecule has 88 valence electrons. The summed E-state index contributed by atoms with van der Waals surface area (Å²) in [5.41, 5.74) is 7.65. The summed E-state index contributed by atoms with van der Waals surface area (Å²) in [4.78, 5) is 0. The first-order valence-corrected chi connectivity index (χ1v) is 5.81. The van der Waals surface area contributed by atoms with Crippen LogP contribution in [0.3, 0.4) is 0 Å². The number of hydrogen-bond donors (Lipinski definition) is 1. The Morgan fingerprint density at radius 3 is 2.44 bits per heavy atom. The van der Waals surface area contributed by atoms with Crippen molar-refractivity contribution in [1.82, 2.24) is 4.57 Å². The predicted molar refractivity (Wildman–Crippen MR) is 67.2 cm³/mol. The van der Waals surface area contributed by atoms with Crippen LogP contribution in [0.1, 0.15) is 51.7 Å². The van der Waals surface area contributed by atoms with Crippen LogP contribution in [-0.4, -0.2) is 4.57 Å². The van der Waals surface area contributed by atoms with Crippen molar-refractivity contribution in [3.05, 3.63) is 17.3 Å². The molecule has 2 N–H and O–H groups in total. The number of aryl methyl sites for hydroxylation is 1. The zero-order valence-electron chi connectivity index (χ0n) is 10.7. The van der Waals surface area contributed by atoms with Crippen LogP contribution >= 0.6 is 0 Å². The van der Waals surface area contributed by atoms with E-state index in [4.69, 9.17) is 11.0 Å². The zero-order chi connectivity index (χ0) is 12.3. The van der Waals surface area contributed by atoms with Gasteiger partial charge in [0.25, 0.3) is 0 Å². The van der Waals surface area contributed by atoms with Crippen LogP contribution in [0.15, 0.2) is 6.20 Å². The molecule has 1 heterocycles. The van der Waals surface area contributed by atoms with Gasteiger partial charge < -0.3 is 10.3 Å². The van der Waals surface area contributed by atoms with Gasteiger partial charge in [-0.15, -0.1) is 0 Å². The molecule has 0 atom stereocenters. The van der Waals surface area contributed by atoms with E-state index in [1.807, 2.05) is 10.8 Å². The molecule has 1 aromatic rings. The van der Waals surface area contributed by atoms with Gasteiger partial charge in [-0.3, -0.25) is 0 Å². The zero-order valence-corrected chi connectivity index (χ0v) is 10.7. The third-order valence-corrected chi connectivity index (χ3v) is 2.79. The molecule has 3 nitrogen and oxygen atoms in total. The Kier molecular flexibility index (Phi) is 3.64. The second-order valence-corrected chi connectivity index (χ2v) is 5.21. The summed E-state index contributed by atoms with van der Waals surface area (Å²) in [5.74, 6) is 0.612. The number of nitrogen functional groups attached to an aromatic ring is 1. The van der Waals surface area contributed by atoms with Gasteiger partial charge in [0, 0.05) is 12.7 Å². The lowest BCUT2D eigenvalue weighted by atomic mass is 9.86. The number of unbranched alkanes of at least 4 members (excludes halogenated alkanes) is 1. The first-order chi connectivity index (χ1) is 7.41. The van der Waals surface area contributed by atoms with E-state index in [1.165, 1.54) is 0 Å². The Morgan fingerprint density at radius 2 is 2.06 bits per heavy atom. The second kappa shape index (κ2) is 4.61. The molecule has 0 aliphatic carbocycles. The Bertz CT molecular complexity index is 402. The van der Waals surface area contributed by atoms with Gasteiger partial charge in [-0.25, -0.2) is 0 Å². The molecular weight excluding hydrogens is 198 g/mol. The summed E-state index contributed by atoms with van der Waals surface area (Å²) in [5, 5.41) is 9.16. The monoisotopic (exact) mass is 219 g/mol. The highest BCUT2D eigenvalue weighted by Gasteiger charge is 2.23. The van der Waals surface area contributed by atoms with Crippen molar-refractivity contribution in [2.24, 2.45) is 0 Å². The fourth-order valence-corrected chi connectivity index (χ4v) is 1.77. The molecule has 0 bridgehead atoms. The van der Waals surface area contributed by atoms with Crippen LogP contribution in [0.25, 0.3) is 0 Å². The second-order valence-electron chi connectivity index (χ2n) is 5.21. The van der Waals surface area contributed by atoms with Crippen molar-refractivity contribution < 1.29 is 0 Å². The highest BCUT2D eigenvalue weighted by molar-refractivity contribution is 5.57. The molecule has 0 aromatic carbocycles. The molecular formula is C13H21N3. The van der Waals surface area contributed by atoms with Crippen LogP contribution in [0.4, 0.5) is 5.82 Å². The van der Waals surface area contributed by atoms with E-state index in [9.17, 15) is 0 Å². The molecule has 0 unspecified atom stereocenters. The highest BCUT2D eigenvalue weighted by Crippen LogP contribution is 2.30. The minimum atomic E-state index is -0.0311. The quantitative estimate of drug-likeness (QED) is 0.849. The van der Waals surface area contributed by atoms with Crippen LogP contribution in [0.5, 0.6) is 0 Å². The van der Waals surface area contributed by atoms with E-state index in [1.54, 1.807) is 0 Å². The van der Waals surface area contributed by atoms with E-state index in [0.717, 1.165) is 24.9 Å². The Hall–Kier alpha value is -1.43. The van der Waals surface area contributed by atoms with Gasteiger partial charge in [-0.05, 0) is 17.4 Å². The number of anilines is 1. The summed E-state index contributed by atoms with van der Waals surface area (Å²) in [6.45, 7) is 9.36. The van der Waals surface area contributed by atoms with E-state index in [2.05, 4.69) is 33.8 Å². The van der Waals surface area contributed by atoms with Crippen LogP contribution in [-0.2, 0) is 12.0 Å². The summed E-state index contributed by atoms with van der Waals surface area (Å²) in [6.07, 6.45) is 4.25. The van der Waals surface area contributed by atoms with Gasteiger partial charge in [-0.2, -0.15) is 5.26 Å². The van der Waals surface area contributed by atoms with Crippen molar-refractivity contribution >= 4 is 5.82 Å². The summed E-state index contributed by atoms with van der Waals surface area (Å²) in [6, 6.07) is 2.22. The fourth-order valence-electron chi connectivity index (χ4n) is 1.77. The van der Waals surface area contributed by atoms with Gasteiger partial charge in [0.1, 0.15) is 11.9 Å². The number of rotatable bonds is 3. The number of nitrogens with zero attached hydrogens (tertiary/aromatic N) is 2. The molecule has 0 amide bonds. The molecule has 16 heavy (non-hydrogen) atoms. The molecule has 0 fully saturated rings. The third kappa shape index (κ3) is 2.38. The Labute approximate surface area is 97.9 Å². The molecule has 1 rings (SSSR count). The van der Waals surface area contributed by atoms with Gasteiger partial charge in [-0.1, -0.05) is 34.1 Å². The number of nitrogens with two attached hydrogens (primary N) is 1. The highest BCUT2D eigenvalue weighted by atomic mass is 15.0. The van der Waals surface area contributed by atoms with E-state index >= 15 is 0 Å². The number of nitriles is 1. The summed E-state index contributed by atoms with van der Waals surface area (Å²) < 4.78 is 2.00. The smallest absolute Gasteiger partial charge is 0.121 e. The minimum absolute atomic E-state index is 0.0311. The molecule has 0 saturated carbocycles. The van der Waals surface area contributed by atoms with Crippen molar-refractivity contribution in [3.8, 4) is 6.07 Å². The summed E-state index contributed by atoms with van der Waals surface area (Å²) >= 11 is 0. The normalized spacial score (nSPS) is 11.4. The SMILES string of the molecule is CCCCn1cc(C(C)(C)C)c(C#N)c1N. The van der Waals surface area contributed by atoms with Crippen molar-refractivity contribution in [2.45, 2.75) is 52.5 Å². The lowest BCUT2D eigenvalue weighted by Gasteiger charge is -2.16.